The smallest absolute Gasteiger partial charge is 0.261 e. The van der Waals surface area contributed by atoms with Gasteiger partial charge in [0, 0.05) is 22.3 Å². The first-order valence-corrected chi connectivity index (χ1v) is 13.5. The molecule has 0 radical (unpaired) electrons. The van der Waals surface area contributed by atoms with E-state index < -0.39 is 35.7 Å². The summed E-state index contributed by atoms with van der Waals surface area (Å²) in [5, 5.41) is 0. The first-order chi connectivity index (χ1) is 19.6. The second-order valence-electron chi connectivity index (χ2n) is 9.84. The molecule has 2 atom stereocenters. The zero-order valence-electron chi connectivity index (χ0n) is 22.1. The van der Waals surface area contributed by atoms with Crippen molar-refractivity contribution >= 4 is 23.6 Å². The molecule has 0 heterocycles. The highest BCUT2D eigenvalue weighted by Gasteiger charge is 2.44. The molecule has 6 heteroatoms. The SMILES string of the molecule is O=C(c1ccccc1)N(C(=O)c1ccccc1)C1CCCCC1N(C(=O)c1ccccc1)C(=O)c1ccccc1. The first kappa shape index (κ1) is 26.8. The van der Waals surface area contributed by atoms with Crippen LogP contribution in [0, 0.1) is 0 Å². The molecule has 0 spiro atoms. The van der Waals surface area contributed by atoms with E-state index in [0.717, 1.165) is 12.8 Å². The van der Waals surface area contributed by atoms with Gasteiger partial charge in [0.15, 0.2) is 0 Å². The summed E-state index contributed by atoms with van der Waals surface area (Å²) >= 11 is 0. The summed E-state index contributed by atoms with van der Waals surface area (Å²) in [5.74, 6) is -1.81. The van der Waals surface area contributed by atoms with Gasteiger partial charge in [-0.3, -0.25) is 29.0 Å². The Kier molecular flexibility index (Phi) is 8.26. The topological polar surface area (TPSA) is 74.8 Å². The van der Waals surface area contributed by atoms with Crippen LogP contribution in [0.3, 0.4) is 0 Å². The van der Waals surface area contributed by atoms with Gasteiger partial charge < -0.3 is 0 Å². The fourth-order valence-electron chi connectivity index (χ4n) is 5.36. The van der Waals surface area contributed by atoms with Gasteiger partial charge in [-0.15, -0.1) is 0 Å². The van der Waals surface area contributed by atoms with Crippen LogP contribution < -0.4 is 0 Å². The summed E-state index contributed by atoms with van der Waals surface area (Å²) in [6.07, 6.45) is 2.47. The van der Waals surface area contributed by atoms with Crippen LogP contribution in [-0.4, -0.2) is 45.5 Å². The van der Waals surface area contributed by atoms with Gasteiger partial charge in [0.05, 0.1) is 12.1 Å². The second kappa shape index (κ2) is 12.3. The van der Waals surface area contributed by atoms with Gasteiger partial charge in [-0.05, 0) is 61.4 Å². The van der Waals surface area contributed by atoms with Crippen molar-refractivity contribution in [2.45, 2.75) is 37.8 Å². The monoisotopic (exact) mass is 530 g/mol. The molecular weight excluding hydrogens is 500 g/mol. The molecule has 4 aromatic carbocycles. The lowest BCUT2D eigenvalue weighted by atomic mass is 9.86. The van der Waals surface area contributed by atoms with Gasteiger partial charge in [0.1, 0.15) is 0 Å². The predicted octanol–water partition coefficient (Wildman–Crippen LogP) is 6.26. The molecule has 40 heavy (non-hydrogen) atoms. The molecule has 0 N–H and O–H groups in total. The second-order valence-corrected chi connectivity index (χ2v) is 9.84. The Morgan fingerprint density at radius 1 is 0.400 bits per heavy atom. The Hall–Kier alpha value is -4.84. The number of rotatable bonds is 6. The van der Waals surface area contributed by atoms with Crippen LogP contribution in [0.2, 0.25) is 0 Å². The highest BCUT2D eigenvalue weighted by Crippen LogP contribution is 2.32. The maximum atomic E-state index is 14.0. The van der Waals surface area contributed by atoms with E-state index >= 15 is 0 Å². The first-order valence-electron chi connectivity index (χ1n) is 13.5. The third kappa shape index (κ3) is 5.61. The lowest BCUT2D eigenvalue weighted by molar-refractivity contribution is 0.0248. The van der Waals surface area contributed by atoms with E-state index in [9.17, 15) is 19.2 Å². The number of benzene rings is 4. The maximum absolute atomic E-state index is 14.0. The van der Waals surface area contributed by atoms with Crippen molar-refractivity contribution in [3.8, 4) is 0 Å². The highest BCUT2D eigenvalue weighted by atomic mass is 16.2. The summed E-state index contributed by atoms with van der Waals surface area (Å²) in [7, 11) is 0. The van der Waals surface area contributed by atoms with Crippen molar-refractivity contribution in [2.24, 2.45) is 0 Å². The molecule has 4 aromatic rings. The van der Waals surface area contributed by atoms with Gasteiger partial charge in [-0.25, -0.2) is 0 Å². The van der Waals surface area contributed by atoms with Gasteiger partial charge >= 0.3 is 0 Å². The molecule has 1 aliphatic rings. The Bertz CT molecular complexity index is 1260. The molecule has 1 fully saturated rings. The summed E-state index contributed by atoms with van der Waals surface area (Å²) in [4.78, 5) is 58.6. The van der Waals surface area contributed by atoms with Crippen molar-refractivity contribution in [1.29, 1.82) is 0 Å². The number of imide groups is 2. The predicted molar refractivity (Wildman–Crippen MR) is 153 cm³/mol. The fourth-order valence-corrected chi connectivity index (χ4v) is 5.36. The Labute approximate surface area is 233 Å². The summed E-state index contributed by atoms with van der Waals surface area (Å²) in [6.45, 7) is 0. The quantitative estimate of drug-likeness (QED) is 0.276. The van der Waals surface area contributed by atoms with Gasteiger partial charge in [-0.1, -0.05) is 85.6 Å². The normalized spacial score (nSPS) is 16.5. The van der Waals surface area contributed by atoms with E-state index in [1.54, 1.807) is 97.1 Å². The van der Waals surface area contributed by atoms with Crippen molar-refractivity contribution < 1.29 is 19.2 Å². The number of carbonyl (C=O) groups excluding carboxylic acids is 4. The molecule has 1 aliphatic carbocycles. The van der Waals surface area contributed by atoms with E-state index in [1.165, 1.54) is 9.80 Å². The van der Waals surface area contributed by atoms with E-state index in [2.05, 4.69) is 0 Å². The lowest BCUT2D eigenvalue weighted by Crippen LogP contribution is -2.59. The molecule has 0 aromatic heterocycles. The average Bonchev–Trinajstić information content (AvgIpc) is 3.03. The van der Waals surface area contributed by atoms with Crippen molar-refractivity contribution in [2.75, 3.05) is 0 Å². The van der Waals surface area contributed by atoms with Crippen LogP contribution >= 0.6 is 0 Å². The van der Waals surface area contributed by atoms with Crippen molar-refractivity contribution in [3.63, 3.8) is 0 Å². The molecular formula is C34H30N2O4. The van der Waals surface area contributed by atoms with Gasteiger partial charge in [-0.2, -0.15) is 0 Å². The zero-order chi connectivity index (χ0) is 27.9. The Morgan fingerprint density at radius 2 is 0.625 bits per heavy atom. The zero-order valence-corrected chi connectivity index (χ0v) is 22.1. The van der Waals surface area contributed by atoms with Gasteiger partial charge in [0.2, 0.25) is 0 Å². The van der Waals surface area contributed by atoms with E-state index in [1.807, 2.05) is 24.3 Å². The van der Waals surface area contributed by atoms with E-state index in [0.29, 0.717) is 35.1 Å². The Morgan fingerprint density at radius 3 is 0.850 bits per heavy atom. The van der Waals surface area contributed by atoms with Crippen LogP contribution in [0.25, 0.3) is 0 Å². The minimum absolute atomic E-state index is 0.367. The van der Waals surface area contributed by atoms with Crippen LogP contribution in [0.4, 0.5) is 0 Å². The number of amides is 4. The highest BCUT2D eigenvalue weighted by molar-refractivity contribution is 6.12. The fraction of sp³-hybridized carbons (Fsp3) is 0.176. The molecule has 4 amide bonds. The van der Waals surface area contributed by atoms with E-state index in [-0.39, 0.29) is 0 Å². The minimum Gasteiger partial charge on any atom is -0.269 e. The molecule has 2 unspecified atom stereocenters. The number of nitrogens with zero attached hydrogens (tertiary/aromatic N) is 2. The minimum atomic E-state index is -0.700. The van der Waals surface area contributed by atoms with Crippen molar-refractivity contribution in [3.05, 3.63) is 144 Å². The lowest BCUT2D eigenvalue weighted by Gasteiger charge is -2.43. The third-order valence-electron chi connectivity index (χ3n) is 7.32. The number of hydrogen-bond acceptors (Lipinski definition) is 4. The molecule has 6 nitrogen and oxygen atoms in total. The molecule has 1 saturated carbocycles. The molecule has 200 valence electrons. The van der Waals surface area contributed by atoms with Crippen LogP contribution in [-0.2, 0) is 0 Å². The molecule has 5 rings (SSSR count). The summed E-state index contributed by atoms with van der Waals surface area (Å²) in [6, 6.07) is 33.2. The Balaban J connectivity index is 1.62. The van der Waals surface area contributed by atoms with Crippen LogP contribution in [0.15, 0.2) is 121 Å². The number of hydrogen-bond donors (Lipinski definition) is 0. The summed E-state index contributed by atoms with van der Waals surface area (Å²) < 4.78 is 0. The largest absolute Gasteiger partial charge is 0.269 e. The van der Waals surface area contributed by atoms with Crippen LogP contribution in [0.1, 0.15) is 67.1 Å². The molecule has 0 saturated heterocycles. The molecule has 0 aliphatic heterocycles. The third-order valence-corrected chi connectivity index (χ3v) is 7.32. The van der Waals surface area contributed by atoms with Crippen LogP contribution in [0.5, 0.6) is 0 Å². The summed E-state index contributed by atoms with van der Waals surface area (Å²) in [5.41, 5.74) is 1.47. The molecule has 0 bridgehead atoms. The van der Waals surface area contributed by atoms with Crippen molar-refractivity contribution in [1.82, 2.24) is 9.80 Å². The number of carbonyl (C=O) groups is 4. The average molecular weight is 531 g/mol. The standard InChI is InChI=1S/C34H30N2O4/c37-31(25-15-5-1-6-16-25)35(32(38)26-17-7-2-8-18-26)29-23-13-14-24-30(29)36(33(39)27-19-9-3-10-20-27)34(40)28-21-11-4-12-22-28/h1-12,15-22,29-30H,13-14,23-24H2. The maximum Gasteiger partial charge on any atom is 0.261 e. The van der Waals surface area contributed by atoms with E-state index in [4.69, 9.17) is 0 Å². The van der Waals surface area contributed by atoms with Gasteiger partial charge in [0.25, 0.3) is 23.6 Å².